The molecule has 0 saturated heterocycles. The Labute approximate surface area is 58.6 Å². The molecule has 0 amide bonds. The predicted octanol–water partition coefficient (Wildman–Crippen LogP) is 0.437. The Morgan fingerprint density at radius 3 is 2.80 bits per heavy atom. The highest BCUT2D eigenvalue weighted by atomic mass is 14.9. The molecule has 2 N–H and O–H groups in total. The van der Waals surface area contributed by atoms with Gasteiger partial charge in [-0.05, 0) is 0 Å². The third-order valence-electron chi connectivity index (χ3n) is 1.13. The molecular formula is C6H7N4-. The van der Waals surface area contributed by atoms with Gasteiger partial charge >= 0.3 is 0 Å². The van der Waals surface area contributed by atoms with E-state index in [1.165, 1.54) is 19.4 Å². The van der Waals surface area contributed by atoms with E-state index < -0.39 is 0 Å². The monoisotopic (exact) mass is 135 g/mol. The Kier molecular flexibility index (Phi) is 1.62. The highest BCUT2D eigenvalue weighted by molar-refractivity contribution is 6.04. The van der Waals surface area contributed by atoms with Gasteiger partial charge in [-0.3, -0.25) is 0 Å². The Hall–Kier alpha value is -1.45. The second-order valence-electron chi connectivity index (χ2n) is 1.91. The van der Waals surface area contributed by atoms with Gasteiger partial charge in [-0.25, -0.2) is 9.97 Å². The van der Waals surface area contributed by atoms with E-state index in [-0.39, 0.29) is 5.71 Å². The summed E-state index contributed by atoms with van der Waals surface area (Å²) >= 11 is 0. The van der Waals surface area contributed by atoms with Crippen LogP contribution in [0.2, 0.25) is 0 Å². The zero-order chi connectivity index (χ0) is 7.56. The van der Waals surface area contributed by atoms with Gasteiger partial charge in [0.15, 0.2) is 0 Å². The first-order valence-corrected chi connectivity index (χ1v) is 2.80. The maximum Gasteiger partial charge on any atom is 0.132 e. The van der Waals surface area contributed by atoms with E-state index in [1.807, 2.05) is 0 Å². The first-order valence-electron chi connectivity index (χ1n) is 2.80. The molecule has 52 valence electrons. The normalized spacial score (nSPS) is 9.30. The smallest absolute Gasteiger partial charge is 0.132 e. The van der Waals surface area contributed by atoms with Crippen molar-refractivity contribution in [3.63, 3.8) is 0 Å². The maximum absolute atomic E-state index is 8.96. The summed E-state index contributed by atoms with van der Waals surface area (Å²) in [6.07, 6.45) is 2.80. The summed E-state index contributed by atoms with van der Waals surface area (Å²) in [7, 11) is 0. The summed E-state index contributed by atoms with van der Waals surface area (Å²) in [6.45, 7) is 1.54. The fourth-order valence-electron chi connectivity index (χ4n) is 0.618. The van der Waals surface area contributed by atoms with E-state index in [1.54, 1.807) is 0 Å². The highest BCUT2D eigenvalue weighted by Crippen LogP contribution is 2.04. The molecule has 0 fully saturated rings. The average molecular weight is 135 g/mol. The largest absolute Gasteiger partial charge is 0.807 e. The molecule has 0 aliphatic rings. The SMILES string of the molecule is CC(=[N-])c1cncnc1N. The van der Waals surface area contributed by atoms with Crippen LogP contribution in [0, 0.1) is 0 Å². The second kappa shape index (κ2) is 2.43. The van der Waals surface area contributed by atoms with Crippen LogP contribution in [0.5, 0.6) is 0 Å². The van der Waals surface area contributed by atoms with Crippen molar-refractivity contribution in [2.24, 2.45) is 0 Å². The lowest BCUT2D eigenvalue weighted by molar-refractivity contribution is 1.17. The standard InChI is InChI=1S/C6H7N4/c1-4(7)5-2-9-3-10-6(5)8/h2-3H,1H3,(H2,8,9,10)/q-1. The van der Waals surface area contributed by atoms with Crippen LogP contribution >= 0.6 is 0 Å². The molecule has 0 aliphatic heterocycles. The molecule has 1 aromatic heterocycles. The van der Waals surface area contributed by atoms with Gasteiger partial charge in [0, 0.05) is 11.8 Å². The third kappa shape index (κ3) is 1.10. The minimum Gasteiger partial charge on any atom is -0.807 e. The number of nitrogens with zero attached hydrogens (tertiary/aromatic N) is 3. The van der Waals surface area contributed by atoms with Gasteiger partial charge in [0.2, 0.25) is 0 Å². The van der Waals surface area contributed by atoms with Crippen LogP contribution in [0.3, 0.4) is 0 Å². The first kappa shape index (κ1) is 6.67. The number of hydrogen-bond acceptors (Lipinski definition) is 3. The summed E-state index contributed by atoms with van der Waals surface area (Å²) in [5.41, 5.74) is 6.02. The lowest BCUT2D eigenvalue weighted by Gasteiger charge is -2.06. The molecule has 4 nitrogen and oxygen atoms in total. The molecule has 1 aromatic rings. The molecule has 1 rings (SSSR count). The van der Waals surface area contributed by atoms with E-state index >= 15 is 0 Å². The number of aromatic nitrogens is 2. The van der Waals surface area contributed by atoms with Crippen molar-refractivity contribution >= 4 is 11.5 Å². The lowest BCUT2D eigenvalue weighted by atomic mass is 10.2. The van der Waals surface area contributed by atoms with Crippen LogP contribution in [0.25, 0.3) is 5.41 Å². The number of anilines is 1. The van der Waals surface area contributed by atoms with Crippen LogP contribution in [-0.2, 0) is 0 Å². The fourth-order valence-corrected chi connectivity index (χ4v) is 0.618. The molecule has 0 radical (unpaired) electrons. The highest BCUT2D eigenvalue weighted by Gasteiger charge is 1.93. The van der Waals surface area contributed by atoms with Gasteiger partial charge in [-0.15, -0.1) is 0 Å². The molecule has 0 aliphatic carbocycles. The van der Waals surface area contributed by atoms with Crippen LogP contribution in [0.4, 0.5) is 5.82 Å². The molecule has 10 heavy (non-hydrogen) atoms. The van der Waals surface area contributed by atoms with E-state index in [9.17, 15) is 0 Å². The molecule has 0 bridgehead atoms. The number of hydrogen-bond donors (Lipinski definition) is 1. The summed E-state index contributed by atoms with van der Waals surface area (Å²) < 4.78 is 0. The Balaban J connectivity index is 3.15. The molecular weight excluding hydrogens is 128 g/mol. The summed E-state index contributed by atoms with van der Waals surface area (Å²) in [4.78, 5) is 7.38. The van der Waals surface area contributed by atoms with Crippen molar-refractivity contribution in [1.82, 2.24) is 9.97 Å². The van der Waals surface area contributed by atoms with Gasteiger partial charge in [0.1, 0.15) is 12.1 Å². The Morgan fingerprint density at radius 1 is 1.70 bits per heavy atom. The Morgan fingerprint density at radius 2 is 2.40 bits per heavy atom. The molecule has 0 saturated carbocycles. The van der Waals surface area contributed by atoms with Crippen LogP contribution in [0.15, 0.2) is 12.5 Å². The van der Waals surface area contributed by atoms with Crippen molar-refractivity contribution in [2.75, 3.05) is 5.73 Å². The molecule has 0 spiro atoms. The van der Waals surface area contributed by atoms with Gasteiger partial charge in [0.25, 0.3) is 0 Å². The van der Waals surface area contributed by atoms with Gasteiger partial charge in [-0.1, -0.05) is 6.92 Å². The van der Waals surface area contributed by atoms with Crippen LogP contribution in [-0.4, -0.2) is 15.7 Å². The fraction of sp³-hybridized carbons (Fsp3) is 0.167. The summed E-state index contributed by atoms with van der Waals surface area (Å²) in [5.74, 6) is 0.301. The topological polar surface area (TPSA) is 74.1 Å². The summed E-state index contributed by atoms with van der Waals surface area (Å²) in [5, 5.41) is 8.96. The molecule has 0 unspecified atom stereocenters. The molecule has 1 heterocycles. The molecule has 0 atom stereocenters. The van der Waals surface area contributed by atoms with Crippen molar-refractivity contribution in [2.45, 2.75) is 6.92 Å². The lowest BCUT2D eigenvalue weighted by Crippen LogP contribution is -2.01. The van der Waals surface area contributed by atoms with Crippen molar-refractivity contribution in [1.29, 1.82) is 0 Å². The van der Waals surface area contributed by atoms with Crippen molar-refractivity contribution < 1.29 is 0 Å². The van der Waals surface area contributed by atoms with Gasteiger partial charge < -0.3 is 11.1 Å². The number of nitrogen functional groups attached to an aromatic ring is 1. The van der Waals surface area contributed by atoms with E-state index in [2.05, 4.69) is 9.97 Å². The molecule has 4 heteroatoms. The zero-order valence-electron chi connectivity index (χ0n) is 5.57. The second-order valence-corrected chi connectivity index (χ2v) is 1.91. The molecule has 0 aromatic carbocycles. The van der Waals surface area contributed by atoms with Crippen molar-refractivity contribution in [3.8, 4) is 0 Å². The zero-order valence-corrected chi connectivity index (χ0v) is 5.57. The predicted molar refractivity (Wildman–Crippen MR) is 39.6 cm³/mol. The number of rotatable bonds is 1. The van der Waals surface area contributed by atoms with Crippen LogP contribution in [0.1, 0.15) is 12.5 Å². The van der Waals surface area contributed by atoms with Gasteiger partial charge in [0.05, 0.1) is 0 Å². The number of nitrogens with two attached hydrogens (primary N) is 1. The first-order chi connectivity index (χ1) is 4.72. The minimum absolute atomic E-state index is 0.137. The summed E-state index contributed by atoms with van der Waals surface area (Å²) in [6, 6.07) is 0. The average Bonchev–Trinajstić information content (AvgIpc) is 1.88. The van der Waals surface area contributed by atoms with E-state index in [0.717, 1.165) is 0 Å². The van der Waals surface area contributed by atoms with E-state index in [0.29, 0.717) is 11.4 Å². The Bertz CT molecular complexity index is 256. The van der Waals surface area contributed by atoms with Crippen LogP contribution < -0.4 is 5.73 Å². The third-order valence-corrected chi connectivity index (χ3v) is 1.13. The van der Waals surface area contributed by atoms with E-state index in [4.69, 9.17) is 11.1 Å². The maximum atomic E-state index is 8.96. The quantitative estimate of drug-likeness (QED) is 0.567. The van der Waals surface area contributed by atoms with Crippen molar-refractivity contribution in [3.05, 3.63) is 23.5 Å². The minimum atomic E-state index is 0.137. The van der Waals surface area contributed by atoms with Gasteiger partial charge in [-0.2, -0.15) is 5.71 Å².